The second-order valence-corrected chi connectivity index (χ2v) is 11.2. The van der Waals surface area contributed by atoms with Gasteiger partial charge in [0.15, 0.2) is 5.65 Å². The molecular weight excluding hydrogens is 474 g/mol. The molecule has 0 radical (unpaired) electrons. The molecule has 0 spiro atoms. The van der Waals surface area contributed by atoms with Crippen molar-refractivity contribution in [3.8, 4) is 0 Å². The fraction of sp³-hybridized carbons (Fsp3) is 0.296. The lowest BCUT2D eigenvalue weighted by molar-refractivity contribution is 0.0931. The van der Waals surface area contributed by atoms with Crippen molar-refractivity contribution >= 4 is 32.8 Å². The van der Waals surface area contributed by atoms with Crippen molar-refractivity contribution in [2.75, 3.05) is 18.0 Å². The third kappa shape index (κ3) is 4.46. The summed E-state index contributed by atoms with van der Waals surface area (Å²) in [7, 11) is -3.81. The second-order valence-electron chi connectivity index (χ2n) is 9.35. The lowest BCUT2D eigenvalue weighted by Gasteiger charge is -2.33. The van der Waals surface area contributed by atoms with Gasteiger partial charge in [0.1, 0.15) is 12.1 Å². The summed E-state index contributed by atoms with van der Waals surface area (Å²) in [5.74, 6) is 0.745. The molecule has 0 saturated carbocycles. The molecule has 2 aromatic carbocycles. The Balaban J connectivity index is 1.44. The number of amides is 1. The van der Waals surface area contributed by atoms with Gasteiger partial charge >= 0.3 is 0 Å². The molecule has 1 fully saturated rings. The van der Waals surface area contributed by atoms with Gasteiger partial charge in [-0.2, -0.15) is 0 Å². The zero-order valence-electron chi connectivity index (χ0n) is 20.3. The van der Waals surface area contributed by atoms with E-state index >= 15 is 0 Å². The number of piperidine rings is 1. The van der Waals surface area contributed by atoms with Crippen molar-refractivity contribution < 1.29 is 13.2 Å². The van der Waals surface area contributed by atoms with E-state index in [-0.39, 0.29) is 22.8 Å². The first-order chi connectivity index (χ1) is 17.4. The van der Waals surface area contributed by atoms with Gasteiger partial charge in [-0.1, -0.05) is 50.2 Å². The molecule has 0 unspecified atom stereocenters. The van der Waals surface area contributed by atoms with Gasteiger partial charge in [0.25, 0.3) is 15.9 Å². The van der Waals surface area contributed by atoms with E-state index in [9.17, 15) is 13.2 Å². The van der Waals surface area contributed by atoms with Crippen LogP contribution in [0, 0.1) is 0 Å². The number of hydrogen-bond donors (Lipinski definition) is 1. The molecule has 1 amide bonds. The monoisotopic (exact) mass is 503 g/mol. The van der Waals surface area contributed by atoms with Gasteiger partial charge in [0.2, 0.25) is 0 Å². The summed E-state index contributed by atoms with van der Waals surface area (Å²) in [5.41, 5.74) is 1.92. The van der Waals surface area contributed by atoms with Crippen LogP contribution in [0.5, 0.6) is 0 Å². The maximum atomic E-state index is 13.5. The summed E-state index contributed by atoms with van der Waals surface area (Å²) in [5, 5.41) is 3.90. The standard InChI is InChI=1S/C27H29N5O3S/c1-19(2)23-17-32(36(34,35)22-11-7-4-8-12-22)26-24(23)25(28-18-29-26)31-15-13-21(14-16-31)30-27(33)20-9-5-3-6-10-20/h3-12,17-19,21H,13-16H2,1-2H3,(H,30,33). The fourth-order valence-corrected chi connectivity index (χ4v) is 6.05. The van der Waals surface area contributed by atoms with E-state index in [1.807, 2.05) is 44.2 Å². The number of benzene rings is 2. The minimum atomic E-state index is -3.81. The summed E-state index contributed by atoms with van der Waals surface area (Å²) in [4.78, 5) is 24.0. The van der Waals surface area contributed by atoms with Crippen LogP contribution < -0.4 is 10.2 Å². The summed E-state index contributed by atoms with van der Waals surface area (Å²) in [6, 6.07) is 17.7. The number of aromatic nitrogens is 3. The Bertz CT molecular complexity index is 1480. The van der Waals surface area contributed by atoms with Gasteiger partial charge in [0.05, 0.1) is 10.3 Å². The summed E-state index contributed by atoms with van der Waals surface area (Å²) >= 11 is 0. The molecular formula is C27H29N5O3S. The Labute approximate surface area is 211 Å². The summed E-state index contributed by atoms with van der Waals surface area (Å²) < 4.78 is 28.2. The number of nitrogens with zero attached hydrogens (tertiary/aromatic N) is 4. The van der Waals surface area contributed by atoms with E-state index in [4.69, 9.17) is 0 Å². The molecule has 4 aromatic rings. The van der Waals surface area contributed by atoms with Crippen LogP contribution in [-0.2, 0) is 10.0 Å². The Morgan fingerprint density at radius 3 is 2.25 bits per heavy atom. The molecule has 36 heavy (non-hydrogen) atoms. The molecule has 5 rings (SSSR count). The molecule has 186 valence electrons. The van der Waals surface area contributed by atoms with E-state index < -0.39 is 10.0 Å². The molecule has 0 atom stereocenters. The number of carbonyl (C=O) groups is 1. The first-order valence-electron chi connectivity index (χ1n) is 12.1. The second kappa shape index (κ2) is 9.73. The van der Waals surface area contributed by atoms with Gasteiger partial charge in [-0.25, -0.2) is 22.4 Å². The molecule has 3 heterocycles. The minimum Gasteiger partial charge on any atom is -0.356 e. The number of rotatable bonds is 6. The molecule has 0 aliphatic carbocycles. The van der Waals surface area contributed by atoms with E-state index in [2.05, 4.69) is 20.2 Å². The highest BCUT2D eigenvalue weighted by Gasteiger charge is 2.29. The fourth-order valence-electron chi connectivity index (χ4n) is 4.71. The highest BCUT2D eigenvalue weighted by Crippen LogP contribution is 2.35. The summed E-state index contributed by atoms with van der Waals surface area (Å²) in [6.07, 6.45) is 4.65. The van der Waals surface area contributed by atoms with Crippen molar-refractivity contribution in [2.45, 2.75) is 43.5 Å². The number of anilines is 1. The zero-order valence-corrected chi connectivity index (χ0v) is 21.1. The van der Waals surface area contributed by atoms with Crippen molar-refractivity contribution in [2.24, 2.45) is 0 Å². The number of hydrogen-bond acceptors (Lipinski definition) is 6. The van der Waals surface area contributed by atoms with Crippen molar-refractivity contribution in [1.82, 2.24) is 19.3 Å². The highest BCUT2D eigenvalue weighted by molar-refractivity contribution is 7.90. The smallest absolute Gasteiger partial charge is 0.269 e. The highest BCUT2D eigenvalue weighted by atomic mass is 32.2. The van der Waals surface area contributed by atoms with E-state index in [0.717, 1.165) is 29.6 Å². The van der Waals surface area contributed by atoms with Crippen LogP contribution in [0.2, 0.25) is 0 Å². The van der Waals surface area contributed by atoms with E-state index in [0.29, 0.717) is 24.3 Å². The maximum Gasteiger partial charge on any atom is 0.269 e. The van der Waals surface area contributed by atoms with Crippen LogP contribution in [0.25, 0.3) is 11.0 Å². The average Bonchev–Trinajstić information content (AvgIpc) is 3.31. The lowest BCUT2D eigenvalue weighted by Crippen LogP contribution is -2.45. The largest absolute Gasteiger partial charge is 0.356 e. The van der Waals surface area contributed by atoms with Crippen LogP contribution in [-0.4, -0.2) is 47.4 Å². The Kier molecular flexibility index (Phi) is 6.49. The Morgan fingerprint density at radius 2 is 1.61 bits per heavy atom. The van der Waals surface area contributed by atoms with Crippen LogP contribution in [0.15, 0.2) is 78.1 Å². The van der Waals surface area contributed by atoms with E-state index in [1.54, 1.807) is 36.5 Å². The van der Waals surface area contributed by atoms with Gasteiger partial charge in [-0.05, 0) is 48.6 Å². The third-order valence-corrected chi connectivity index (χ3v) is 8.31. The first kappa shape index (κ1) is 24.0. The van der Waals surface area contributed by atoms with Crippen LogP contribution in [0.3, 0.4) is 0 Å². The van der Waals surface area contributed by atoms with Crippen LogP contribution in [0.1, 0.15) is 48.5 Å². The van der Waals surface area contributed by atoms with Crippen LogP contribution >= 0.6 is 0 Å². The summed E-state index contributed by atoms with van der Waals surface area (Å²) in [6.45, 7) is 5.47. The van der Waals surface area contributed by atoms with Crippen LogP contribution in [0.4, 0.5) is 5.82 Å². The molecule has 1 aliphatic heterocycles. The third-order valence-electron chi connectivity index (χ3n) is 6.65. The number of nitrogens with one attached hydrogen (secondary N) is 1. The zero-order chi connectivity index (χ0) is 25.3. The minimum absolute atomic E-state index is 0.0660. The molecule has 2 aromatic heterocycles. The predicted molar refractivity (Wildman–Crippen MR) is 140 cm³/mol. The van der Waals surface area contributed by atoms with Crippen molar-refractivity contribution in [1.29, 1.82) is 0 Å². The molecule has 9 heteroatoms. The number of fused-ring (bicyclic) bond motifs is 1. The van der Waals surface area contributed by atoms with Gasteiger partial charge in [0, 0.05) is 30.9 Å². The Hall–Kier alpha value is -3.72. The SMILES string of the molecule is CC(C)c1cn(S(=O)(=O)c2ccccc2)c2ncnc(N3CCC(NC(=O)c4ccccc4)CC3)c12. The molecule has 1 N–H and O–H groups in total. The van der Waals surface area contributed by atoms with Gasteiger partial charge in [-0.3, -0.25) is 4.79 Å². The first-order valence-corrected chi connectivity index (χ1v) is 13.6. The maximum absolute atomic E-state index is 13.5. The van der Waals surface area contributed by atoms with Gasteiger partial charge < -0.3 is 10.2 Å². The molecule has 1 saturated heterocycles. The predicted octanol–water partition coefficient (Wildman–Crippen LogP) is 4.19. The van der Waals surface area contributed by atoms with E-state index in [1.165, 1.54) is 10.3 Å². The molecule has 0 bridgehead atoms. The molecule has 8 nitrogen and oxygen atoms in total. The Morgan fingerprint density at radius 1 is 0.972 bits per heavy atom. The lowest BCUT2D eigenvalue weighted by atomic mass is 10.0. The topological polar surface area (TPSA) is 97.2 Å². The van der Waals surface area contributed by atoms with Gasteiger partial charge in [-0.15, -0.1) is 0 Å². The van der Waals surface area contributed by atoms with Crippen molar-refractivity contribution in [3.63, 3.8) is 0 Å². The molecule has 1 aliphatic rings. The average molecular weight is 504 g/mol. The normalized spacial score (nSPS) is 14.9. The number of carbonyl (C=O) groups excluding carboxylic acids is 1. The van der Waals surface area contributed by atoms with Crippen molar-refractivity contribution in [3.05, 3.63) is 84.3 Å². The quantitative estimate of drug-likeness (QED) is 0.424.